The van der Waals surface area contributed by atoms with Crippen molar-refractivity contribution < 1.29 is 14.2 Å². The van der Waals surface area contributed by atoms with Gasteiger partial charge in [0.15, 0.2) is 0 Å². The van der Waals surface area contributed by atoms with Crippen molar-refractivity contribution in [3.05, 3.63) is 43.7 Å². The molecule has 0 unspecified atom stereocenters. The molecular formula is C7H5FN2O4. The zero-order chi connectivity index (χ0) is 10.9. The Labute approximate surface area is 77.3 Å². The molecule has 1 aromatic rings. The molecule has 0 N–H and O–H groups in total. The molecule has 0 bridgehead atoms. The SMILES string of the molecule is Cc1cc([N+](=O)[O-])cc([N+](=O)[O-])c1F. The van der Waals surface area contributed by atoms with E-state index in [4.69, 9.17) is 0 Å². The van der Waals surface area contributed by atoms with E-state index >= 15 is 0 Å². The average Bonchev–Trinajstić information content (AvgIpc) is 2.08. The summed E-state index contributed by atoms with van der Waals surface area (Å²) in [4.78, 5) is 18.8. The van der Waals surface area contributed by atoms with E-state index in [0.29, 0.717) is 6.07 Å². The molecule has 7 heteroatoms. The summed E-state index contributed by atoms with van der Waals surface area (Å²) in [6, 6.07) is 1.55. The van der Waals surface area contributed by atoms with Gasteiger partial charge in [0.2, 0.25) is 5.82 Å². The van der Waals surface area contributed by atoms with Crippen molar-refractivity contribution in [1.82, 2.24) is 0 Å². The standard InChI is InChI=1S/C7H5FN2O4/c1-4-2-5(9(11)12)3-6(7(4)8)10(13)14/h2-3H,1H3. The van der Waals surface area contributed by atoms with Gasteiger partial charge in [0.05, 0.1) is 15.9 Å². The third-order valence-corrected chi connectivity index (χ3v) is 1.63. The lowest BCUT2D eigenvalue weighted by atomic mass is 10.2. The maximum Gasteiger partial charge on any atom is 0.311 e. The fourth-order valence-electron chi connectivity index (χ4n) is 0.971. The highest BCUT2D eigenvalue weighted by atomic mass is 19.1. The number of rotatable bonds is 2. The van der Waals surface area contributed by atoms with Gasteiger partial charge >= 0.3 is 5.69 Å². The number of hydrogen-bond donors (Lipinski definition) is 0. The van der Waals surface area contributed by atoms with Crippen LogP contribution < -0.4 is 0 Å². The molecule has 0 saturated heterocycles. The van der Waals surface area contributed by atoms with Crippen LogP contribution in [0.15, 0.2) is 12.1 Å². The van der Waals surface area contributed by atoms with Gasteiger partial charge in [0.25, 0.3) is 5.69 Å². The second-order valence-electron chi connectivity index (χ2n) is 2.61. The smallest absolute Gasteiger partial charge is 0.258 e. The third-order valence-electron chi connectivity index (χ3n) is 1.63. The molecule has 0 aliphatic heterocycles. The molecule has 14 heavy (non-hydrogen) atoms. The highest BCUT2D eigenvalue weighted by molar-refractivity contribution is 5.47. The van der Waals surface area contributed by atoms with Crippen LogP contribution in [0.1, 0.15) is 5.56 Å². The van der Waals surface area contributed by atoms with Crippen molar-refractivity contribution in [2.24, 2.45) is 0 Å². The molecular weight excluding hydrogens is 195 g/mol. The minimum absolute atomic E-state index is 0.120. The monoisotopic (exact) mass is 200 g/mol. The Morgan fingerprint density at radius 2 is 1.79 bits per heavy atom. The van der Waals surface area contributed by atoms with Gasteiger partial charge in [-0.3, -0.25) is 20.2 Å². The number of nitro groups is 2. The Morgan fingerprint density at radius 3 is 2.21 bits per heavy atom. The summed E-state index contributed by atoms with van der Waals surface area (Å²) in [5.74, 6) is -1.04. The molecule has 6 nitrogen and oxygen atoms in total. The Kier molecular flexibility index (Phi) is 2.41. The maximum absolute atomic E-state index is 13.0. The predicted octanol–water partition coefficient (Wildman–Crippen LogP) is 1.95. The molecule has 0 heterocycles. The molecule has 0 aromatic heterocycles. The van der Waals surface area contributed by atoms with Crippen molar-refractivity contribution >= 4 is 11.4 Å². The summed E-state index contributed by atoms with van der Waals surface area (Å²) >= 11 is 0. The van der Waals surface area contributed by atoms with E-state index in [-0.39, 0.29) is 5.56 Å². The van der Waals surface area contributed by atoms with Crippen LogP contribution in [0.25, 0.3) is 0 Å². The summed E-state index contributed by atoms with van der Waals surface area (Å²) in [6.45, 7) is 1.23. The highest BCUT2D eigenvalue weighted by Gasteiger charge is 2.22. The van der Waals surface area contributed by atoms with Crippen LogP contribution in [0.5, 0.6) is 0 Å². The van der Waals surface area contributed by atoms with Crippen molar-refractivity contribution in [1.29, 1.82) is 0 Å². The van der Waals surface area contributed by atoms with Crippen molar-refractivity contribution in [2.75, 3.05) is 0 Å². The summed E-state index contributed by atoms with van der Waals surface area (Å²) in [5.41, 5.74) is -1.49. The lowest BCUT2D eigenvalue weighted by Crippen LogP contribution is -1.98. The quantitative estimate of drug-likeness (QED) is 0.539. The normalized spacial score (nSPS) is 9.86. The van der Waals surface area contributed by atoms with Crippen LogP contribution in [-0.4, -0.2) is 9.85 Å². The summed E-state index contributed by atoms with van der Waals surface area (Å²) in [5, 5.41) is 20.6. The summed E-state index contributed by atoms with van der Waals surface area (Å²) in [7, 11) is 0. The minimum atomic E-state index is -1.04. The number of nitro benzene ring substituents is 2. The molecule has 0 atom stereocenters. The van der Waals surface area contributed by atoms with Crippen LogP contribution in [0.2, 0.25) is 0 Å². The van der Waals surface area contributed by atoms with Gasteiger partial charge in [-0.1, -0.05) is 0 Å². The van der Waals surface area contributed by atoms with Crippen molar-refractivity contribution in [2.45, 2.75) is 6.92 Å². The zero-order valence-corrected chi connectivity index (χ0v) is 7.06. The van der Waals surface area contributed by atoms with Gasteiger partial charge in [-0.25, -0.2) is 0 Å². The highest BCUT2D eigenvalue weighted by Crippen LogP contribution is 2.26. The van der Waals surface area contributed by atoms with Crippen LogP contribution in [0.3, 0.4) is 0 Å². The second-order valence-corrected chi connectivity index (χ2v) is 2.61. The summed E-state index contributed by atoms with van der Waals surface area (Å²) in [6.07, 6.45) is 0. The van der Waals surface area contributed by atoms with Crippen LogP contribution in [-0.2, 0) is 0 Å². The molecule has 74 valence electrons. The van der Waals surface area contributed by atoms with Gasteiger partial charge in [-0.15, -0.1) is 0 Å². The molecule has 0 aliphatic rings. The first-order valence-corrected chi connectivity index (χ1v) is 3.52. The van der Waals surface area contributed by atoms with Gasteiger partial charge in [-0.2, -0.15) is 4.39 Å². The van der Waals surface area contributed by atoms with Crippen LogP contribution >= 0.6 is 0 Å². The van der Waals surface area contributed by atoms with Gasteiger partial charge in [0, 0.05) is 6.07 Å². The lowest BCUT2D eigenvalue weighted by molar-refractivity contribution is -0.395. The molecule has 0 radical (unpaired) electrons. The number of non-ortho nitro benzene ring substituents is 1. The number of aryl methyl sites for hydroxylation is 1. The van der Waals surface area contributed by atoms with E-state index in [1.807, 2.05) is 0 Å². The maximum atomic E-state index is 13.0. The molecule has 0 saturated carbocycles. The van der Waals surface area contributed by atoms with Crippen molar-refractivity contribution in [3.63, 3.8) is 0 Å². The van der Waals surface area contributed by atoms with E-state index in [9.17, 15) is 24.6 Å². The first-order valence-electron chi connectivity index (χ1n) is 3.52. The topological polar surface area (TPSA) is 86.3 Å². The fraction of sp³-hybridized carbons (Fsp3) is 0.143. The predicted molar refractivity (Wildman–Crippen MR) is 44.4 cm³/mol. The van der Waals surface area contributed by atoms with E-state index in [1.54, 1.807) is 0 Å². The van der Waals surface area contributed by atoms with Gasteiger partial charge in [-0.05, 0) is 12.5 Å². The number of halogens is 1. The minimum Gasteiger partial charge on any atom is -0.258 e. The second kappa shape index (κ2) is 3.36. The number of benzene rings is 1. The van der Waals surface area contributed by atoms with E-state index in [0.717, 1.165) is 6.07 Å². The zero-order valence-electron chi connectivity index (χ0n) is 7.06. The number of nitrogens with zero attached hydrogens (tertiary/aromatic N) is 2. The van der Waals surface area contributed by atoms with E-state index in [1.165, 1.54) is 6.92 Å². The van der Waals surface area contributed by atoms with E-state index < -0.39 is 27.0 Å². The van der Waals surface area contributed by atoms with Gasteiger partial charge < -0.3 is 0 Å². The Balaban J connectivity index is 3.43. The fourth-order valence-corrected chi connectivity index (χ4v) is 0.971. The Bertz CT molecular complexity index is 418. The first-order chi connectivity index (χ1) is 6.43. The third kappa shape index (κ3) is 1.65. The number of hydrogen-bond acceptors (Lipinski definition) is 4. The van der Waals surface area contributed by atoms with Gasteiger partial charge in [0.1, 0.15) is 0 Å². The molecule has 1 rings (SSSR count). The van der Waals surface area contributed by atoms with Crippen LogP contribution in [0.4, 0.5) is 15.8 Å². The molecule has 0 aliphatic carbocycles. The van der Waals surface area contributed by atoms with E-state index in [2.05, 4.69) is 0 Å². The molecule has 0 fully saturated rings. The Morgan fingerprint density at radius 1 is 1.21 bits per heavy atom. The molecule has 0 amide bonds. The molecule has 1 aromatic carbocycles. The van der Waals surface area contributed by atoms with Crippen LogP contribution in [0, 0.1) is 33.0 Å². The summed E-state index contributed by atoms with van der Waals surface area (Å²) < 4.78 is 13.0. The van der Waals surface area contributed by atoms with Crippen molar-refractivity contribution in [3.8, 4) is 0 Å². The molecule has 0 spiro atoms. The lowest BCUT2D eigenvalue weighted by Gasteiger charge is -1.97. The largest absolute Gasteiger partial charge is 0.311 e. The average molecular weight is 200 g/mol. The Hall–Kier alpha value is -2.05. The first kappa shape index (κ1) is 10.0.